The van der Waals surface area contributed by atoms with Crippen molar-refractivity contribution < 1.29 is 9.53 Å². The molecule has 0 saturated carbocycles. The van der Waals surface area contributed by atoms with E-state index in [-0.39, 0.29) is 16.8 Å². The lowest BCUT2D eigenvalue weighted by atomic mass is 10.1. The van der Waals surface area contributed by atoms with Gasteiger partial charge in [0, 0.05) is 5.56 Å². The molecular weight excluding hydrogens is 382 g/mol. The van der Waals surface area contributed by atoms with Gasteiger partial charge in [0.1, 0.15) is 17.4 Å². The number of carbonyl (C=O) groups excluding carboxylic acids is 1. The van der Waals surface area contributed by atoms with E-state index in [2.05, 4.69) is 15.6 Å². The van der Waals surface area contributed by atoms with Crippen LogP contribution in [0.2, 0.25) is 0 Å². The van der Waals surface area contributed by atoms with Gasteiger partial charge in [-0.25, -0.2) is 5.43 Å². The minimum Gasteiger partial charge on any atom is -0.497 e. The van der Waals surface area contributed by atoms with E-state index in [4.69, 9.17) is 4.74 Å². The van der Waals surface area contributed by atoms with E-state index in [1.807, 2.05) is 25.1 Å². The summed E-state index contributed by atoms with van der Waals surface area (Å²) in [5, 5.41) is 17.5. The maximum absolute atomic E-state index is 12.6. The van der Waals surface area contributed by atoms with Gasteiger partial charge in [0.05, 0.1) is 19.0 Å². The fraction of sp³-hybridized carbons (Fsp3) is 0.136. The predicted octanol–water partition coefficient (Wildman–Crippen LogP) is 2.49. The molecule has 8 nitrogen and oxygen atoms in total. The van der Waals surface area contributed by atoms with Crippen molar-refractivity contribution in [2.24, 2.45) is 5.10 Å². The summed E-state index contributed by atoms with van der Waals surface area (Å²) in [5.41, 5.74) is 4.01. The Morgan fingerprint density at radius 2 is 1.83 bits per heavy atom. The third-order valence-electron chi connectivity index (χ3n) is 4.44. The fourth-order valence-corrected chi connectivity index (χ4v) is 2.72. The molecule has 0 aliphatic carbocycles. The number of nitrogens with zero attached hydrogens (tertiary/aromatic N) is 4. The standard InChI is InChI=1S/C22H19N5O3/c1-14-4-8-17(9-5-14)27-22(29)19(12-23)15(2)20(26-27)21(28)25-24-13-16-6-10-18(30-3)11-7-16/h4-11,13H,1-3H3,(H,25,28)/b24-13+. The Bertz CT molecular complexity index is 1200. The summed E-state index contributed by atoms with van der Waals surface area (Å²) in [6, 6.07) is 16.0. The van der Waals surface area contributed by atoms with Crippen molar-refractivity contribution in [3.63, 3.8) is 0 Å². The average Bonchev–Trinajstić information content (AvgIpc) is 2.75. The molecule has 2 aromatic carbocycles. The second-order valence-corrected chi connectivity index (χ2v) is 6.49. The number of hydrogen-bond donors (Lipinski definition) is 1. The molecule has 0 bridgehead atoms. The highest BCUT2D eigenvalue weighted by Gasteiger charge is 2.20. The van der Waals surface area contributed by atoms with Gasteiger partial charge in [-0.15, -0.1) is 0 Å². The first-order valence-corrected chi connectivity index (χ1v) is 9.03. The number of aryl methyl sites for hydroxylation is 1. The van der Waals surface area contributed by atoms with E-state index < -0.39 is 11.5 Å². The Kier molecular flexibility index (Phi) is 6.03. The number of hydrazone groups is 1. The molecule has 0 fully saturated rings. The van der Waals surface area contributed by atoms with Crippen LogP contribution in [0, 0.1) is 25.2 Å². The van der Waals surface area contributed by atoms with E-state index in [0.717, 1.165) is 15.8 Å². The molecule has 0 radical (unpaired) electrons. The molecule has 3 rings (SSSR count). The van der Waals surface area contributed by atoms with Crippen molar-refractivity contribution in [2.75, 3.05) is 7.11 Å². The molecule has 150 valence electrons. The molecule has 1 aromatic heterocycles. The lowest BCUT2D eigenvalue weighted by molar-refractivity contribution is 0.0947. The van der Waals surface area contributed by atoms with Gasteiger partial charge < -0.3 is 4.74 Å². The van der Waals surface area contributed by atoms with Gasteiger partial charge in [0.15, 0.2) is 5.69 Å². The summed E-state index contributed by atoms with van der Waals surface area (Å²) in [6.45, 7) is 3.42. The number of methoxy groups -OCH3 is 1. The summed E-state index contributed by atoms with van der Waals surface area (Å²) in [4.78, 5) is 25.3. The van der Waals surface area contributed by atoms with Crippen molar-refractivity contribution in [2.45, 2.75) is 13.8 Å². The third-order valence-corrected chi connectivity index (χ3v) is 4.44. The summed E-state index contributed by atoms with van der Waals surface area (Å²) >= 11 is 0. The van der Waals surface area contributed by atoms with Crippen molar-refractivity contribution in [1.82, 2.24) is 15.2 Å². The molecule has 30 heavy (non-hydrogen) atoms. The monoisotopic (exact) mass is 401 g/mol. The molecule has 1 heterocycles. The lowest BCUT2D eigenvalue weighted by Gasteiger charge is -2.10. The maximum Gasteiger partial charge on any atom is 0.292 e. The minimum atomic E-state index is -0.630. The first-order valence-electron chi connectivity index (χ1n) is 9.03. The topological polar surface area (TPSA) is 109 Å². The van der Waals surface area contributed by atoms with Crippen LogP contribution < -0.4 is 15.7 Å². The molecule has 0 aliphatic rings. The Morgan fingerprint density at radius 3 is 2.43 bits per heavy atom. The smallest absolute Gasteiger partial charge is 0.292 e. The first kappa shape index (κ1) is 20.5. The molecular formula is C22H19N5O3. The first-order chi connectivity index (χ1) is 14.4. The molecule has 0 unspecified atom stereocenters. The van der Waals surface area contributed by atoms with E-state index >= 15 is 0 Å². The SMILES string of the molecule is COc1ccc(/C=N/NC(=O)c2nn(-c3ccc(C)cc3)c(=O)c(C#N)c2C)cc1. The zero-order chi connectivity index (χ0) is 21.7. The number of aromatic nitrogens is 2. The van der Waals surface area contributed by atoms with Gasteiger partial charge in [0.25, 0.3) is 11.5 Å². The Balaban J connectivity index is 1.92. The quantitative estimate of drug-likeness (QED) is 0.522. The number of nitrogens with one attached hydrogen (secondary N) is 1. The van der Waals surface area contributed by atoms with Gasteiger partial charge in [-0.3, -0.25) is 9.59 Å². The van der Waals surface area contributed by atoms with Crippen molar-refractivity contribution >= 4 is 12.1 Å². The van der Waals surface area contributed by atoms with Crippen molar-refractivity contribution in [3.05, 3.63) is 86.8 Å². The van der Waals surface area contributed by atoms with Crippen LogP contribution in [0.3, 0.4) is 0 Å². The molecule has 0 saturated heterocycles. The zero-order valence-corrected chi connectivity index (χ0v) is 16.7. The minimum absolute atomic E-state index is 0.0568. The number of nitriles is 1. The number of carbonyl (C=O) groups is 1. The lowest BCUT2D eigenvalue weighted by Crippen LogP contribution is -2.31. The Labute approximate surface area is 173 Å². The number of amides is 1. The molecule has 0 atom stereocenters. The molecule has 3 aromatic rings. The van der Waals surface area contributed by atoms with Crippen LogP contribution in [0.5, 0.6) is 5.75 Å². The molecule has 0 aliphatic heterocycles. The second kappa shape index (κ2) is 8.84. The number of hydrogen-bond acceptors (Lipinski definition) is 6. The van der Waals surface area contributed by atoms with E-state index in [1.165, 1.54) is 13.1 Å². The van der Waals surface area contributed by atoms with Crippen molar-refractivity contribution in [1.29, 1.82) is 5.26 Å². The van der Waals surface area contributed by atoms with Crippen LogP contribution in [0.15, 0.2) is 58.4 Å². The Morgan fingerprint density at radius 1 is 1.17 bits per heavy atom. The average molecular weight is 401 g/mol. The number of ether oxygens (including phenoxy) is 1. The molecule has 8 heteroatoms. The Hall–Kier alpha value is -4.25. The highest BCUT2D eigenvalue weighted by atomic mass is 16.5. The van der Waals surface area contributed by atoms with E-state index in [1.54, 1.807) is 43.5 Å². The van der Waals surface area contributed by atoms with Crippen LogP contribution in [0.4, 0.5) is 0 Å². The van der Waals surface area contributed by atoms with Gasteiger partial charge in [0.2, 0.25) is 0 Å². The zero-order valence-electron chi connectivity index (χ0n) is 16.7. The number of rotatable bonds is 5. The maximum atomic E-state index is 12.6. The van der Waals surface area contributed by atoms with Crippen LogP contribution in [0.25, 0.3) is 5.69 Å². The second-order valence-electron chi connectivity index (χ2n) is 6.49. The number of benzene rings is 2. The molecule has 1 amide bonds. The van der Waals surface area contributed by atoms with Gasteiger partial charge in [-0.2, -0.15) is 20.1 Å². The summed E-state index contributed by atoms with van der Waals surface area (Å²) in [7, 11) is 1.57. The van der Waals surface area contributed by atoms with Crippen molar-refractivity contribution in [3.8, 4) is 17.5 Å². The van der Waals surface area contributed by atoms with Gasteiger partial charge in [-0.05, 0) is 55.8 Å². The molecule has 1 N–H and O–H groups in total. The van der Waals surface area contributed by atoms with Crippen LogP contribution in [-0.4, -0.2) is 29.0 Å². The summed E-state index contributed by atoms with van der Waals surface area (Å²) < 4.78 is 6.14. The summed E-state index contributed by atoms with van der Waals surface area (Å²) in [6.07, 6.45) is 1.47. The van der Waals surface area contributed by atoms with E-state index in [9.17, 15) is 14.9 Å². The predicted molar refractivity (Wildman–Crippen MR) is 112 cm³/mol. The van der Waals surface area contributed by atoms with Gasteiger partial charge >= 0.3 is 0 Å². The van der Waals surface area contributed by atoms with Crippen LogP contribution in [-0.2, 0) is 0 Å². The molecule has 0 spiro atoms. The fourth-order valence-electron chi connectivity index (χ4n) is 2.72. The van der Waals surface area contributed by atoms with Crippen LogP contribution >= 0.6 is 0 Å². The van der Waals surface area contributed by atoms with E-state index in [0.29, 0.717) is 11.4 Å². The highest BCUT2D eigenvalue weighted by molar-refractivity contribution is 5.94. The van der Waals surface area contributed by atoms with Gasteiger partial charge in [-0.1, -0.05) is 17.7 Å². The normalized spacial score (nSPS) is 10.6. The third kappa shape index (κ3) is 4.25. The summed E-state index contributed by atoms with van der Waals surface area (Å²) in [5.74, 6) is 0.0769. The highest BCUT2D eigenvalue weighted by Crippen LogP contribution is 2.12. The largest absolute Gasteiger partial charge is 0.497 e. The van der Waals surface area contributed by atoms with Crippen LogP contribution in [0.1, 0.15) is 32.7 Å².